The summed E-state index contributed by atoms with van der Waals surface area (Å²) in [6, 6.07) is 9.30. The summed E-state index contributed by atoms with van der Waals surface area (Å²) in [7, 11) is 0. The molecule has 1 amide bonds. The Morgan fingerprint density at radius 3 is 2.91 bits per heavy atom. The molecule has 0 bridgehead atoms. The van der Waals surface area contributed by atoms with Gasteiger partial charge in [-0.1, -0.05) is 49.4 Å². The SMILES string of the molecule is CC1C=CC[C@H](NC(=O)c2n[nH]c(Cc3ccccc3)n2)C1=O. The number of carbonyl (C=O) groups is 2. The topological polar surface area (TPSA) is 87.7 Å². The van der Waals surface area contributed by atoms with Gasteiger partial charge in [-0.2, -0.15) is 0 Å². The second-order valence-electron chi connectivity index (χ2n) is 5.65. The number of nitrogens with one attached hydrogen (secondary N) is 2. The lowest BCUT2D eigenvalue weighted by Crippen LogP contribution is -2.44. The molecule has 1 aliphatic rings. The van der Waals surface area contributed by atoms with Crippen molar-refractivity contribution in [1.29, 1.82) is 0 Å². The summed E-state index contributed by atoms with van der Waals surface area (Å²) < 4.78 is 0. The van der Waals surface area contributed by atoms with Crippen LogP contribution in [0, 0.1) is 5.92 Å². The van der Waals surface area contributed by atoms with Crippen LogP contribution in [0.2, 0.25) is 0 Å². The van der Waals surface area contributed by atoms with E-state index >= 15 is 0 Å². The largest absolute Gasteiger partial charge is 0.339 e. The normalized spacial score (nSPS) is 20.5. The average Bonchev–Trinajstić information content (AvgIpc) is 3.01. The molecule has 1 aromatic heterocycles. The number of carbonyl (C=O) groups excluding carboxylic acids is 2. The van der Waals surface area contributed by atoms with E-state index in [1.54, 1.807) is 0 Å². The fraction of sp³-hybridized carbons (Fsp3) is 0.294. The number of ketones is 1. The third-order valence-electron chi connectivity index (χ3n) is 3.84. The molecule has 3 rings (SSSR count). The summed E-state index contributed by atoms with van der Waals surface area (Å²) in [6.07, 6.45) is 4.85. The number of hydrogen-bond donors (Lipinski definition) is 2. The second kappa shape index (κ2) is 6.56. The zero-order valence-corrected chi connectivity index (χ0v) is 12.8. The van der Waals surface area contributed by atoms with Crippen molar-refractivity contribution in [2.75, 3.05) is 0 Å². The first-order valence-electron chi connectivity index (χ1n) is 7.60. The maximum absolute atomic E-state index is 12.2. The van der Waals surface area contributed by atoms with Crippen LogP contribution in [0.15, 0.2) is 42.5 Å². The maximum atomic E-state index is 12.2. The molecule has 2 N–H and O–H groups in total. The summed E-state index contributed by atoms with van der Waals surface area (Å²) in [6.45, 7) is 1.82. The fourth-order valence-electron chi connectivity index (χ4n) is 2.57. The first-order valence-corrected chi connectivity index (χ1v) is 7.60. The van der Waals surface area contributed by atoms with Gasteiger partial charge in [0, 0.05) is 12.3 Å². The standard InChI is InChI=1S/C17H18N4O2/c1-11-6-5-9-13(15(11)22)18-17(23)16-19-14(20-21-16)10-12-7-3-2-4-8-12/h2-8,11,13H,9-10H2,1H3,(H,18,23)(H,19,20,21)/t11?,13-/m0/s1. The van der Waals surface area contributed by atoms with Crippen LogP contribution < -0.4 is 5.32 Å². The molecule has 0 fully saturated rings. The van der Waals surface area contributed by atoms with E-state index in [-0.39, 0.29) is 17.5 Å². The highest BCUT2D eigenvalue weighted by atomic mass is 16.2. The number of aromatic amines is 1. The van der Waals surface area contributed by atoms with Crippen LogP contribution in [0.5, 0.6) is 0 Å². The van der Waals surface area contributed by atoms with Crippen LogP contribution in [0.3, 0.4) is 0 Å². The molecule has 6 nitrogen and oxygen atoms in total. The number of amides is 1. The van der Waals surface area contributed by atoms with E-state index in [0.717, 1.165) is 5.56 Å². The second-order valence-corrected chi connectivity index (χ2v) is 5.65. The minimum Gasteiger partial charge on any atom is -0.339 e. The molecule has 2 aromatic rings. The van der Waals surface area contributed by atoms with Crippen LogP contribution in [-0.4, -0.2) is 32.9 Å². The van der Waals surface area contributed by atoms with Gasteiger partial charge in [0.1, 0.15) is 5.82 Å². The highest BCUT2D eigenvalue weighted by Gasteiger charge is 2.27. The van der Waals surface area contributed by atoms with Crippen molar-refractivity contribution < 1.29 is 9.59 Å². The molecule has 2 atom stereocenters. The van der Waals surface area contributed by atoms with Crippen LogP contribution in [0.1, 0.15) is 35.4 Å². The first kappa shape index (κ1) is 15.1. The maximum Gasteiger partial charge on any atom is 0.291 e. The molecule has 0 spiro atoms. The number of benzene rings is 1. The van der Waals surface area contributed by atoms with Gasteiger partial charge in [-0.3, -0.25) is 14.7 Å². The summed E-state index contributed by atoms with van der Waals surface area (Å²) in [5, 5.41) is 9.42. The highest BCUT2D eigenvalue weighted by molar-refractivity contribution is 5.96. The predicted molar refractivity (Wildman–Crippen MR) is 84.8 cm³/mol. The number of allylic oxidation sites excluding steroid dienone is 1. The van der Waals surface area contributed by atoms with Crippen molar-refractivity contribution in [1.82, 2.24) is 20.5 Å². The molecular formula is C17H18N4O2. The van der Waals surface area contributed by atoms with E-state index in [0.29, 0.717) is 18.7 Å². The summed E-state index contributed by atoms with van der Waals surface area (Å²) >= 11 is 0. The molecule has 1 heterocycles. The van der Waals surface area contributed by atoms with Crippen molar-refractivity contribution in [3.63, 3.8) is 0 Å². The number of aromatic nitrogens is 3. The molecule has 0 saturated carbocycles. The Hall–Kier alpha value is -2.76. The van der Waals surface area contributed by atoms with Crippen molar-refractivity contribution in [2.45, 2.75) is 25.8 Å². The third-order valence-corrected chi connectivity index (χ3v) is 3.84. The quantitative estimate of drug-likeness (QED) is 0.841. The lowest BCUT2D eigenvalue weighted by atomic mass is 9.92. The van der Waals surface area contributed by atoms with Crippen LogP contribution in [-0.2, 0) is 11.2 Å². The average molecular weight is 310 g/mol. The van der Waals surface area contributed by atoms with Gasteiger partial charge in [0.2, 0.25) is 5.82 Å². The lowest BCUT2D eigenvalue weighted by molar-refractivity contribution is -0.123. The number of H-pyrrole nitrogens is 1. The van der Waals surface area contributed by atoms with E-state index in [1.165, 1.54) is 0 Å². The van der Waals surface area contributed by atoms with Crippen LogP contribution in [0.4, 0.5) is 0 Å². The number of Topliss-reactive ketones (excluding diaryl/α,β-unsaturated/α-hetero) is 1. The molecule has 1 aromatic carbocycles. The first-order chi connectivity index (χ1) is 11.1. The van der Waals surface area contributed by atoms with E-state index in [2.05, 4.69) is 20.5 Å². The Morgan fingerprint density at radius 1 is 1.35 bits per heavy atom. The zero-order chi connectivity index (χ0) is 16.2. The van der Waals surface area contributed by atoms with Crippen LogP contribution in [0.25, 0.3) is 0 Å². The van der Waals surface area contributed by atoms with E-state index in [4.69, 9.17) is 0 Å². The smallest absolute Gasteiger partial charge is 0.291 e. The molecule has 1 unspecified atom stereocenters. The molecule has 23 heavy (non-hydrogen) atoms. The minimum atomic E-state index is -0.501. The number of rotatable bonds is 4. The van der Waals surface area contributed by atoms with E-state index in [9.17, 15) is 9.59 Å². The van der Waals surface area contributed by atoms with Gasteiger partial charge in [-0.05, 0) is 12.0 Å². The van der Waals surface area contributed by atoms with Crippen molar-refractivity contribution in [3.8, 4) is 0 Å². The van der Waals surface area contributed by atoms with Gasteiger partial charge >= 0.3 is 0 Å². The number of hydrogen-bond acceptors (Lipinski definition) is 4. The Morgan fingerprint density at radius 2 is 2.13 bits per heavy atom. The van der Waals surface area contributed by atoms with Gasteiger partial charge in [-0.15, -0.1) is 5.10 Å². The van der Waals surface area contributed by atoms with Crippen molar-refractivity contribution >= 4 is 11.7 Å². The monoisotopic (exact) mass is 310 g/mol. The van der Waals surface area contributed by atoms with Gasteiger partial charge in [-0.25, -0.2) is 4.98 Å². The van der Waals surface area contributed by atoms with Gasteiger partial charge in [0.15, 0.2) is 5.78 Å². The molecule has 1 aliphatic carbocycles. The molecular weight excluding hydrogens is 292 g/mol. The fourth-order valence-corrected chi connectivity index (χ4v) is 2.57. The van der Waals surface area contributed by atoms with Crippen molar-refractivity contribution in [3.05, 3.63) is 59.7 Å². The van der Waals surface area contributed by atoms with E-state index in [1.807, 2.05) is 49.4 Å². The molecule has 6 heteroatoms. The van der Waals surface area contributed by atoms with Gasteiger partial charge in [0.05, 0.1) is 6.04 Å². The minimum absolute atomic E-state index is 0.0147. The van der Waals surface area contributed by atoms with Gasteiger partial charge in [0.25, 0.3) is 5.91 Å². The summed E-state index contributed by atoms with van der Waals surface area (Å²) in [5.41, 5.74) is 1.08. The zero-order valence-electron chi connectivity index (χ0n) is 12.8. The van der Waals surface area contributed by atoms with Crippen LogP contribution >= 0.6 is 0 Å². The summed E-state index contributed by atoms with van der Waals surface area (Å²) in [4.78, 5) is 28.4. The summed E-state index contributed by atoms with van der Waals surface area (Å²) in [5.74, 6) is 0.0904. The Balaban J connectivity index is 1.65. The molecule has 118 valence electrons. The third kappa shape index (κ3) is 3.53. The highest BCUT2D eigenvalue weighted by Crippen LogP contribution is 2.14. The van der Waals surface area contributed by atoms with E-state index < -0.39 is 11.9 Å². The predicted octanol–water partition coefficient (Wildman–Crippen LogP) is 1.66. The molecule has 0 aliphatic heterocycles. The lowest BCUT2D eigenvalue weighted by Gasteiger charge is -2.21. The Kier molecular flexibility index (Phi) is 4.32. The van der Waals surface area contributed by atoms with Gasteiger partial charge < -0.3 is 5.32 Å². The Bertz CT molecular complexity index is 736. The molecule has 0 radical (unpaired) electrons. The van der Waals surface area contributed by atoms with Crippen molar-refractivity contribution in [2.24, 2.45) is 5.92 Å². The number of nitrogens with zero attached hydrogens (tertiary/aromatic N) is 2. The Labute approximate surface area is 134 Å². The molecule has 0 saturated heterocycles.